The van der Waals surface area contributed by atoms with Crippen LogP contribution in [0.25, 0.3) is 0 Å². The highest BCUT2D eigenvalue weighted by molar-refractivity contribution is 5.18. The van der Waals surface area contributed by atoms with Gasteiger partial charge in [-0.1, -0.05) is 12.1 Å². The Labute approximate surface area is 70.8 Å². The van der Waals surface area contributed by atoms with E-state index in [4.69, 9.17) is 5.73 Å². The summed E-state index contributed by atoms with van der Waals surface area (Å²) in [5.41, 5.74) is 5.83. The number of halogens is 1. The fourth-order valence-electron chi connectivity index (χ4n) is 1.04. The Hall–Kier alpha value is -0.930. The zero-order chi connectivity index (χ0) is 8.97. The molecular formula is C9H12FNO. The number of benzene rings is 1. The molecule has 1 aromatic carbocycles. The fraction of sp³-hybridized carbons (Fsp3) is 0.333. The zero-order valence-electron chi connectivity index (χ0n) is 6.70. The first-order valence-electron chi connectivity index (χ1n) is 3.87. The van der Waals surface area contributed by atoms with Crippen molar-refractivity contribution in [1.29, 1.82) is 0 Å². The molecule has 0 spiro atoms. The van der Waals surface area contributed by atoms with Gasteiger partial charge in [0.2, 0.25) is 0 Å². The average Bonchev–Trinajstić information content (AvgIpc) is 2.05. The van der Waals surface area contributed by atoms with Gasteiger partial charge in [0.05, 0.1) is 6.10 Å². The maximum absolute atomic E-state index is 12.6. The summed E-state index contributed by atoms with van der Waals surface area (Å²) in [6.45, 7) is 0.400. The molecule has 12 heavy (non-hydrogen) atoms. The largest absolute Gasteiger partial charge is 0.388 e. The number of hydrogen-bond acceptors (Lipinski definition) is 2. The van der Waals surface area contributed by atoms with Gasteiger partial charge in [-0.25, -0.2) is 4.39 Å². The molecule has 1 unspecified atom stereocenters. The molecule has 0 bridgehead atoms. The molecule has 1 rings (SSSR count). The number of rotatable bonds is 3. The Morgan fingerprint density at radius 3 is 2.83 bits per heavy atom. The van der Waals surface area contributed by atoms with E-state index in [-0.39, 0.29) is 5.82 Å². The SMILES string of the molecule is NCCC(O)c1cccc(F)c1. The van der Waals surface area contributed by atoms with Gasteiger partial charge in [-0.3, -0.25) is 0 Å². The minimum absolute atomic E-state index is 0.330. The molecule has 0 amide bonds. The Morgan fingerprint density at radius 1 is 1.50 bits per heavy atom. The molecular weight excluding hydrogens is 157 g/mol. The van der Waals surface area contributed by atoms with Crippen LogP contribution in [0.15, 0.2) is 24.3 Å². The van der Waals surface area contributed by atoms with Gasteiger partial charge in [0, 0.05) is 0 Å². The lowest BCUT2D eigenvalue weighted by Gasteiger charge is -2.08. The quantitative estimate of drug-likeness (QED) is 0.714. The third-order valence-electron chi connectivity index (χ3n) is 1.67. The van der Waals surface area contributed by atoms with Crippen LogP contribution in [0.1, 0.15) is 18.1 Å². The predicted molar refractivity (Wildman–Crippen MR) is 45.0 cm³/mol. The summed E-state index contributed by atoms with van der Waals surface area (Å²) in [7, 11) is 0. The van der Waals surface area contributed by atoms with Crippen molar-refractivity contribution >= 4 is 0 Å². The Bertz CT molecular complexity index is 252. The van der Waals surface area contributed by atoms with Crippen LogP contribution in [0.4, 0.5) is 4.39 Å². The van der Waals surface area contributed by atoms with Crippen LogP contribution in [0.3, 0.4) is 0 Å². The van der Waals surface area contributed by atoms with Gasteiger partial charge in [0.1, 0.15) is 5.82 Å². The maximum Gasteiger partial charge on any atom is 0.123 e. The molecule has 0 heterocycles. The van der Waals surface area contributed by atoms with E-state index < -0.39 is 6.10 Å². The van der Waals surface area contributed by atoms with Gasteiger partial charge >= 0.3 is 0 Å². The van der Waals surface area contributed by atoms with Crippen LogP contribution in [-0.4, -0.2) is 11.7 Å². The number of aliphatic hydroxyl groups excluding tert-OH is 1. The Morgan fingerprint density at radius 2 is 2.25 bits per heavy atom. The van der Waals surface area contributed by atoms with Gasteiger partial charge in [-0.05, 0) is 30.7 Å². The van der Waals surface area contributed by atoms with Crippen LogP contribution in [0, 0.1) is 5.82 Å². The Balaban J connectivity index is 2.73. The second kappa shape index (κ2) is 4.18. The van der Waals surface area contributed by atoms with Crippen molar-refractivity contribution in [3.05, 3.63) is 35.6 Å². The van der Waals surface area contributed by atoms with Crippen LogP contribution >= 0.6 is 0 Å². The van der Waals surface area contributed by atoms with Gasteiger partial charge in [0.15, 0.2) is 0 Å². The van der Waals surface area contributed by atoms with E-state index in [1.165, 1.54) is 12.1 Å². The van der Waals surface area contributed by atoms with E-state index in [9.17, 15) is 9.50 Å². The van der Waals surface area contributed by atoms with Crippen molar-refractivity contribution in [2.75, 3.05) is 6.54 Å². The molecule has 1 atom stereocenters. The smallest absolute Gasteiger partial charge is 0.123 e. The minimum atomic E-state index is -0.648. The second-order valence-electron chi connectivity index (χ2n) is 2.65. The first kappa shape index (κ1) is 9.16. The van der Waals surface area contributed by atoms with E-state index in [0.717, 1.165) is 0 Å². The summed E-state index contributed by atoms with van der Waals surface area (Å²) in [6, 6.07) is 5.92. The van der Waals surface area contributed by atoms with Gasteiger partial charge in [-0.15, -0.1) is 0 Å². The molecule has 0 aliphatic rings. The fourth-order valence-corrected chi connectivity index (χ4v) is 1.04. The van der Waals surface area contributed by atoms with Crippen molar-refractivity contribution in [3.8, 4) is 0 Å². The zero-order valence-corrected chi connectivity index (χ0v) is 6.70. The Kier molecular flexibility index (Phi) is 3.19. The normalized spacial score (nSPS) is 12.9. The van der Waals surface area contributed by atoms with Crippen LogP contribution in [-0.2, 0) is 0 Å². The number of hydrogen-bond donors (Lipinski definition) is 2. The summed E-state index contributed by atoms with van der Waals surface area (Å²) in [6.07, 6.45) is -0.186. The van der Waals surface area contributed by atoms with Gasteiger partial charge in [-0.2, -0.15) is 0 Å². The highest BCUT2D eigenvalue weighted by Gasteiger charge is 2.05. The van der Waals surface area contributed by atoms with Crippen LogP contribution < -0.4 is 5.73 Å². The van der Waals surface area contributed by atoms with E-state index >= 15 is 0 Å². The van der Waals surface area contributed by atoms with Crippen molar-refractivity contribution in [2.45, 2.75) is 12.5 Å². The summed E-state index contributed by atoms with van der Waals surface area (Å²) in [4.78, 5) is 0. The van der Waals surface area contributed by atoms with Crippen molar-refractivity contribution < 1.29 is 9.50 Å². The molecule has 1 aromatic rings. The third kappa shape index (κ3) is 2.29. The van der Waals surface area contributed by atoms with E-state index in [1.807, 2.05) is 0 Å². The van der Waals surface area contributed by atoms with Gasteiger partial charge < -0.3 is 10.8 Å². The molecule has 3 N–H and O–H groups in total. The molecule has 0 saturated heterocycles. The topological polar surface area (TPSA) is 46.2 Å². The molecule has 0 saturated carbocycles. The summed E-state index contributed by atoms with van der Waals surface area (Å²) in [5, 5.41) is 9.40. The standard InChI is InChI=1S/C9H12FNO/c10-8-3-1-2-7(6-8)9(12)4-5-11/h1-3,6,9,12H,4-5,11H2. The molecule has 66 valence electrons. The van der Waals surface area contributed by atoms with Crippen molar-refractivity contribution in [2.24, 2.45) is 5.73 Å². The molecule has 0 aromatic heterocycles. The third-order valence-corrected chi connectivity index (χ3v) is 1.67. The highest BCUT2D eigenvalue weighted by atomic mass is 19.1. The lowest BCUT2D eigenvalue weighted by Crippen LogP contribution is -2.06. The molecule has 0 radical (unpaired) electrons. The lowest BCUT2D eigenvalue weighted by atomic mass is 10.1. The summed E-state index contributed by atoms with van der Waals surface area (Å²) >= 11 is 0. The van der Waals surface area contributed by atoms with Crippen LogP contribution in [0.5, 0.6) is 0 Å². The second-order valence-corrected chi connectivity index (χ2v) is 2.65. The highest BCUT2D eigenvalue weighted by Crippen LogP contribution is 2.16. The summed E-state index contributed by atoms with van der Waals surface area (Å²) < 4.78 is 12.6. The lowest BCUT2D eigenvalue weighted by molar-refractivity contribution is 0.170. The van der Waals surface area contributed by atoms with Gasteiger partial charge in [0.25, 0.3) is 0 Å². The first-order chi connectivity index (χ1) is 5.74. The van der Waals surface area contributed by atoms with E-state index in [0.29, 0.717) is 18.5 Å². The number of nitrogens with two attached hydrogens (primary N) is 1. The predicted octanol–water partition coefficient (Wildman–Crippen LogP) is 1.21. The van der Waals surface area contributed by atoms with Crippen molar-refractivity contribution in [1.82, 2.24) is 0 Å². The molecule has 2 nitrogen and oxygen atoms in total. The molecule has 0 aliphatic carbocycles. The first-order valence-corrected chi connectivity index (χ1v) is 3.87. The van der Waals surface area contributed by atoms with Crippen LogP contribution in [0.2, 0.25) is 0 Å². The van der Waals surface area contributed by atoms with Crippen molar-refractivity contribution in [3.63, 3.8) is 0 Å². The average molecular weight is 169 g/mol. The molecule has 3 heteroatoms. The molecule has 0 aliphatic heterocycles. The minimum Gasteiger partial charge on any atom is -0.388 e. The van der Waals surface area contributed by atoms with E-state index in [1.54, 1.807) is 12.1 Å². The maximum atomic E-state index is 12.6. The number of aliphatic hydroxyl groups is 1. The molecule has 0 fully saturated rings. The van der Waals surface area contributed by atoms with E-state index in [2.05, 4.69) is 0 Å². The monoisotopic (exact) mass is 169 g/mol. The summed E-state index contributed by atoms with van der Waals surface area (Å²) in [5.74, 6) is -0.330.